The van der Waals surface area contributed by atoms with Crippen molar-refractivity contribution < 1.29 is 0 Å². The summed E-state index contributed by atoms with van der Waals surface area (Å²) in [7, 11) is 0. The van der Waals surface area contributed by atoms with E-state index in [2.05, 4.69) is 12.1 Å². The van der Waals surface area contributed by atoms with Gasteiger partial charge in [-0.1, -0.05) is 30.3 Å². The molecule has 1 atom stereocenters. The van der Waals surface area contributed by atoms with Crippen molar-refractivity contribution in [3.8, 4) is 0 Å². The van der Waals surface area contributed by atoms with E-state index in [4.69, 9.17) is 17.3 Å². The van der Waals surface area contributed by atoms with Gasteiger partial charge >= 0.3 is 0 Å². The minimum Gasteiger partial charge on any atom is -0.330 e. The van der Waals surface area contributed by atoms with E-state index in [0.29, 0.717) is 18.3 Å². The molecule has 0 aliphatic carbocycles. The molecule has 0 amide bonds. The maximum absolute atomic E-state index is 5.74. The molecule has 0 bridgehead atoms. The molecule has 1 aromatic rings. The molecule has 0 heterocycles. The molecule has 12 heavy (non-hydrogen) atoms. The Bertz CT molecular complexity index is 206. The van der Waals surface area contributed by atoms with Crippen molar-refractivity contribution in [2.75, 3.05) is 12.4 Å². The highest BCUT2D eigenvalue weighted by Gasteiger charge is 2.04. The average Bonchev–Trinajstić information content (AvgIpc) is 2.16. The van der Waals surface area contributed by atoms with Gasteiger partial charge in [-0.25, -0.2) is 0 Å². The Morgan fingerprint density at radius 2 is 1.92 bits per heavy atom. The molecule has 2 heteroatoms. The summed E-state index contributed by atoms with van der Waals surface area (Å²) in [5.74, 6) is 1.06. The van der Waals surface area contributed by atoms with Gasteiger partial charge in [0.1, 0.15) is 0 Å². The predicted octanol–water partition coefficient (Wildman–Crippen LogP) is 2.04. The first-order valence-electron chi connectivity index (χ1n) is 4.16. The van der Waals surface area contributed by atoms with Crippen molar-refractivity contribution in [1.29, 1.82) is 0 Å². The fourth-order valence-electron chi connectivity index (χ4n) is 1.15. The molecule has 0 spiro atoms. The Morgan fingerprint density at radius 1 is 1.25 bits per heavy atom. The van der Waals surface area contributed by atoms with Crippen LogP contribution in [0.4, 0.5) is 0 Å². The van der Waals surface area contributed by atoms with E-state index in [1.165, 1.54) is 5.56 Å². The highest BCUT2D eigenvalue weighted by atomic mass is 35.5. The van der Waals surface area contributed by atoms with Crippen LogP contribution >= 0.6 is 11.6 Å². The van der Waals surface area contributed by atoms with Gasteiger partial charge in [-0.15, -0.1) is 11.6 Å². The lowest BCUT2D eigenvalue weighted by Crippen LogP contribution is -2.18. The molecule has 2 N–H and O–H groups in total. The number of hydrogen-bond donors (Lipinski definition) is 1. The summed E-state index contributed by atoms with van der Waals surface area (Å²) in [6.07, 6.45) is 0.987. The molecule has 66 valence electrons. The molecule has 1 unspecified atom stereocenters. The van der Waals surface area contributed by atoms with Gasteiger partial charge in [0.2, 0.25) is 0 Å². The second-order valence-corrected chi connectivity index (χ2v) is 3.25. The molecule has 0 aliphatic heterocycles. The van der Waals surface area contributed by atoms with Crippen LogP contribution in [0.25, 0.3) is 0 Å². The quantitative estimate of drug-likeness (QED) is 0.711. The lowest BCUT2D eigenvalue weighted by Gasteiger charge is -2.10. The maximum Gasteiger partial charge on any atom is 0.0266 e. The van der Waals surface area contributed by atoms with E-state index in [9.17, 15) is 0 Å². The van der Waals surface area contributed by atoms with E-state index in [1.807, 2.05) is 18.2 Å². The normalized spacial score (nSPS) is 12.8. The van der Waals surface area contributed by atoms with Crippen molar-refractivity contribution in [3.63, 3.8) is 0 Å². The van der Waals surface area contributed by atoms with Crippen LogP contribution in [0.3, 0.4) is 0 Å². The number of halogens is 1. The topological polar surface area (TPSA) is 26.0 Å². The van der Waals surface area contributed by atoms with Crippen molar-refractivity contribution in [2.24, 2.45) is 11.7 Å². The van der Waals surface area contributed by atoms with Gasteiger partial charge in [-0.05, 0) is 24.4 Å². The fourth-order valence-corrected chi connectivity index (χ4v) is 1.38. The van der Waals surface area contributed by atoms with Crippen LogP contribution in [0.5, 0.6) is 0 Å². The zero-order valence-electron chi connectivity index (χ0n) is 7.04. The summed E-state index contributed by atoms with van der Waals surface area (Å²) in [5, 5.41) is 0. The number of nitrogens with two attached hydrogens (primary N) is 1. The number of alkyl halides is 1. The van der Waals surface area contributed by atoms with Crippen LogP contribution in [0.15, 0.2) is 30.3 Å². The van der Waals surface area contributed by atoms with Crippen molar-refractivity contribution >= 4 is 11.6 Å². The number of benzene rings is 1. The van der Waals surface area contributed by atoms with Crippen molar-refractivity contribution in [2.45, 2.75) is 6.42 Å². The third-order valence-electron chi connectivity index (χ3n) is 1.92. The second kappa shape index (κ2) is 5.18. The predicted molar refractivity (Wildman–Crippen MR) is 53.4 cm³/mol. The Hall–Kier alpha value is -0.530. The smallest absolute Gasteiger partial charge is 0.0266 e. The van der Waals surface area contributed by atoms with Gasteiger partial charge in [0.05, 0.1) is 0 Å². The lowest BCUT2D eigenvalue weighted by atomic mass is 10.0. The largest absolute Gasteiger partial charge is 0.330 e. The molecular formula is C10H14ClN. The van der Waals surface area contributed by atoms with Gasteiger partial charge in [-0.2, -0.15) is 0 Å². The first-order valence-corrected chi connectivity index (χ1v) is 4.70. The Labute approximate surface area is 78.5 Å². The minimum atomic E-state index is 0.411. The number of hydrogen-bond acceptors (Lipinski definition) is 1. The van der Waals surface area contributed by atoms with Gasteiger partial charge in [0.15, 0.2) is 0 Å². The first kappa shape index (κ1) is 9.56. The van der Waals surface area contributed by atoms with E-state index < -0.39 is 0 Å². The van der Waals surface area contributed by atoms with E-state index in [0.717, 1.165) is 6.42 Å². The fraction of sp³-hybridized carbons (Fsp3) is 0.400. The van der Waals surface area contributed by atoms with Gasteiger partial charge in [-0.3, -0.25) is 0 Å². The summed E-state index contributed by atoms with van der Waals surface area (Å²) >= 11 is 5.74. The second-order valence-electron chi connectivity index (χ2n) is 2.95. The van der Waals surface area contributed by atoms with Crippen LogP contribution in [0.1, 0.15) is 5.56 Å². The van der Waals surface area contributed by atoms with E-state index >= 15 is 0 Å². The van der Waals surface area contributed by atoms with Crippen LogP contribution in [0, 0.1) is 5.92 Å². The molecule has 1 rings (SSSR count). The molecule has 1 aromatic carbocycles. The van der Waals surface area contributed by atoms with Gasteiger partial charge in [0, 0.05) is 5.88 Å². The molecule has 0 fully saturated rings. The monoisotopic (exact) mass is 183 g/mol. The summed E-state index contributed by atoms with van der Waals surface area (Å²) < 4.78 is 0. The standard InChI is InChI=1S/C10H14ClN/c11-7-10(8-12)6-9-4-2-1-3-5-9/h1-5,10H,6-8,12H2. The summed E-state index contributed by atoms with van der Waals surface area (Å²) in [6.45, 7) is 0.665. The number of rotatable bonds is 4. The minimum absolute atomic E-state index is 0.411. The highest BCUT2D eigenvalue weighted by molar-refractivity contribution is 6.18. The van der Waals surface area contributed by atoms with Gasteiger partial charge in [0.25, 0.3) is 0 Å². The molecule has 0 aromatic heterocycles. The van der Waals surface area contributed by atoms with Gasteiger partial charge < -0.3 is 5.73 Å². The summed E-state index contributed by atoms with van der Waals surface area (Å²) in [4.78, 5) is 0. The van der Waals surface area contributed by atoms with Crippen molar-refractivity contribution in [1.82, 2.24) is 0 Å². The molecule has 0 radical (unpaired) electrons. The zero-order valence-corrected chi connectivity index (χ0v) is 7.80. The summed E-state index contributed by atoms with van der Waals surface area (Å²) in [5.41, 5.74) is 6.86. The Kier molecular flexibility index (Phi) is 4.12. The highest BCUT2D eigenvalue weighted by Crippen LogP contribution is 2.08. The molecule has 0 aliphatic rings. The van der Waals surface area contributed by atoms with Crippen molar-refractivity contribution in [3.05, 3.63) is 35.9 Å². The molecular weight excluding hydrogens is 170 g/mol. The maximum atomic E-state index is 5.74. The third kappa shape index (κ3) is 2.84. The lowest BCUT2D eigenvalue weighted by molar-refractivity contribution is 0.600. The Morgan fingerprint density at radius 3 is 2.42 bits per heavy atom. The first-order chi connectivity index (χ1) is 5.86. The van der Waals surface area contributed by atoms with Crippen LogP contribution in [-0.4, -0.2) is 12.4 Å². The van der Waals surface area contributed by atoms with Crippen LogP contribution < -0.4 is 5.73 Å². The van der Waals surface area contributed by atoms with Crippen LogP contribution in [-0.2, 0) is 6.42 Å². The van der Waals surface area contributed by atoms with E-state index in [1.54, 1.807) is 0 Å². The molecule has 0 saturated carbocycles. The van der Waals surface area contributed by atoms with Crippen LogP contribution in [0.2, 0.25) is 0 Å². The Balaban J connectivity index is 2.51. The summed E-state index contributed by atoms with van der Waals surface area (Å²) in [6, 6.07) is 10.3. The zero-order chi connectivity index (χ0) is 8.81. The molecule has 1 nitrogen and oxygen atoms in total. The van der Waals surface area contributed by atoms with E-state index in [-0.39, 0.29) is 0 Å². The SMILES string of the molecule is NCC(CCl)Cc1ccccc1. The third-order valence-corrected chi connectivity index (χ3v) is 2.36. The average molecular weight is 184 g/mol. The molecule has 0 saturated heterocycles.